The summed E-state index contributed by atoms with van der Waals surface area (Å²) in [5, 5.41) is 10.3. The third-order valence-electron chi connectivity index (χ3n) is 4.55. The molecule has 4 rings (SSSR count). The Kier molecular flexibility index (Phi) is 4.15. The van der Waals surface area contributed by atoms with Crippen molar-refractivity contribution in [2.24, 2.45) is 0 Å². The molecule has 2 aromatic rings. The van der Waals surface area contributed by atoms with E-state index in [-0.39, 0.29) is 5.69 Å². The lowest BCUT2D eigenvalue weighted by atomic mass is 10.1. The van der Waals surface area contributed by atoms with Crippen molar-refractivity contribution in [3.8, 4) is 11.5 Å². The van der Waals surface area contributed by atoms with Gasteiger partial charge in [0.2, 0.25) is 0 Å². The van der Waals surface area contributed by atoms with E-state index in [1.54, 1.807) is 6.08 Å². The topological polar surface area (TPSA) is 74.1 Å². The number of fused-ring (bicyclic) bond motifs is 2. The van der Waals surface area contributed by atoms with Crippen molar-refractivity contribution < 1.29 is 19.1 Å². The lowest BCUT2D eigenvalue weighted by Gasteiger charge is -2.40. The fourth-order valence-corrected chi connectivity index (χ4v) is 4.63. The highest BCUT2D eigenvalue weighted by molar-refractivity contribution is 8.01. The van der Waals surface area contributed by atoms with Crippen LogP contribution in [0.1, 0.15) is 12.5 Å². The standard InChI is InChI=1S/C19H18N2O5S/c1-4-25-17-10-12-9-13(21(22)23)11-15(24-3)18(12)26-19(17)20(2)14-7-5-6-8-16(14)27-19/h5-11H,4H2,1-3H3. The van der Waals surface area contributed by atoms with Crippen LogP contribution in [0.4, 0.5) is 11.4 Å². The molecule has 0 aromatic heterocycles. The van der Waals surface area contributed by atoms with Gasteiger partial charge in [-0.3, -0.25) is 10.1 Å². The summed E-state index contributed by atoms with van der Waals surface area (Å²) in [4.78, 5) is 13.9. The van der Waals surface area contributed by atoms with Gasteiger partial charge in [0.15, 0.2) is 17.3 Å². The van der Waals surface area contributed by atoms with Gasteiger partial charge in [0, 0.05) is 23.6 Å². The minimum absolute atomic E-state index is 0.0621. The molecule has 1 atom stereocenters. The molecule has 8 heteroatoms. The van der Waals surface area contributed by atoms with E-state index in [0.717, 1.165) is 10.6 Å². The number of rotatable bonds is 4. The van der Waals surface area contributed by atoms with Crippen LogP contribution in [0.15, 0.2) is 47.1 Å². The number of methoxy groups -OCH3 is 1. The molecule has 0 saturated heterocycles. The Morgan fingerprint density at radius 2 is 2.11 bits per heavy atom. The predicted octanol–water partition coefficient (Wildman–Crippen LogP) is 4.27. The maximum absolute atomic E-state index is 11.3. The van der Waals surface area contributed by atoms with Crippen LogP contribution in [-0.2, 0) is 4.74 Å². The van der Waals surface area contributed by atoms with Gasteiger partial charge in [-0.05, 0) is 36.9 Å². The van der Waals surface area contributed by atoms with Crippen molar-refractivity contribution in [1.29, 1.82) is 0 Å². The summed E-state index contributed by atoms with van der Waals surface area (Å²) in [5.74, 6) is 1.36. The Morgan fingerprint density at radius 3 is 2.78 bits per heavy atom. The second-order valence-corrected chi connectivity index (χ2v) is 7.28. The van der Waals surface area contributed by atoms with Gasteiger partial charge in [-0.15, -0.1) is 0 Å². The number of benzene rings is 2. The van der Waals surface area contributed by atoms with Crippen LogP contribution >= 0.6 is 11.8 Å². The number of nitro benzene ring substituents is 1. The van der Waals surface area contributed by atoms with E-state index in [2.05, 4.69) is 0 Å². The molecule has 0 fully saturated rings. The molecular weight excluding hydrogens is 368 g/mol. The van der Waals surface area contributed by atoms with E-state index in [1.807, 2.05) is 43.1 Å². The summed E-state index contributed by atoms with van der Waals surface area (Å²) in [7, 11) is 3.41. The Labute approximate surface area is 160 Å². The third-order valence-corrected chi connectivity index (χ3v) is 5.95. The summed E-state index contributed by atoms with van der Waals surface area (Å²) >= 11 is 1.53. The SMILES string of the molecule is CCOC1=Cc2cc([N+](=O)[O-])cc(OC)c2OC12Sc1ccccc1N2C. The Bertz CT molecular complexity index is 961. The fraction of sp³-hybridized carbons (Fsp3) is 0.263. The molecule has 0 N–H and O–H groups in total. The second kappa shape index (κ2) is 6.38. The number of hydrogen-bond donors (Lipinski definition) is 0. The normalized spacial score (nSPS) is 19.8. The van der Waals surface area contributed by atoms with Crippen molar-refractivity contribution in [3.05, 3.63) is 57.8 Å². The number of non-ortho nitro benzene ring substituents is 1. The van der Waals surface area contributed by atoms with Crippen LogP contribution in [0.25, 0.3) is 6.08 Å². The first-order chi connectivity index (χ1) is 13.0. The first kappa shape index (κ1) is 17.5. The average molecular weight is 386 g/mol. The van der Waals surface area contributed by atoms with Crippen LogP contribution < -0.4 is 14.4 Å². The zero-order valence-corrected chi connectivity index (χ0v) is 15.9. The van der Waals surface area contributed by atoms with Crippen molar-refractivity contribution in [3.63, 3.8) is 0 Å². The van der Waals surface area contributed by atoms with Gasteiger partial charge in [0.25, 0.3) is 10.7 Å². The van der Waals surface area contributed by atoms with Crippen LogP contribution in [0.5, 0.6) is 11.5 Å². The highest BCUT2D eigenvalue weighted by Gasteiger charge is 2.52. The molecule has 0 aliphatic carbocycles. The van der Waals surface area contributed by atoms with Crippen LogP contribution in [0.3, 0.4) is 0 Å². The van der Waals surface area contributed by atoms with Crippen molar-refractivity contribution in [2.75, 3.05) is 25.7 Å². The number of thioether (sulfide) groups is 1. The van der Waals surface area contributed by atoms with Gasteiger partial charge in [-0.25, -0.2) is 0 Å². The zero-order chi connectivity index (χ0) is 19.2. The van der Waals surface area contributed by atoms with E-state index in [9.17, 15) is 10.1 Å². The molecule has 2 aliphatic rings. The van der Waals surface area contributed by atoms with Gasteiger partial charge < -0.3 is 19.1 Å². The molecule has 2 aliphatic heterocycles. The van der Waals surface area contributed by atoms with Gasteiger partial charge in [0.1, 0.15) is 0 Å². The summed E-state index contributed by atoms with van der Waals surface area (Å²) in [6, 6.07) is 10.8. The van der Waals surface area contributed by atoms with E-state index >= 15 is 0 Å². The minimum Gasteiger partial charge on any atom is -0.493 e. The van der Waals surface area contributed by atoms with Gasteiger partial charge in [-0.2, -0.15) is 0 Å². The number of nitrogens with zero attached hydrogens (tertiary/aromatic N) is 2. The van der Waals surface area contributed by atoms with Gasteiger partial charge in [-0.1, -0.05) is 12.1 Å². The molecule has 1 unspecified atom stereocenters. The van der Waals surface area contributed by atoms with Crippen molar-refractivity contribution in [2.45, 2.75) is 16.9 Å². The maximum atomic E-state index is 11.3. The molecule has 0 radical (unpaired) electrons. The lowest BCUT2D eigenvalue weighted by molar-refractivity contribution is -0.385. The second-order valence-electron chi connectivity index (χ2n) is 6.08. The van der Waals surface area contributed by atoms with Crippen molar-refractivity contribution >= 4 is 29.2 Å². The molecule has 0 saturated carbocycles. The molecule has 0 amide bonds. The Hall–Kier alpha value is -2.87. The molecule has 27 heavy (non-hydrogen) atoms. The number of likely N-dealkylation sites (N-methyl/N-ethyl adjacent to an activating group) is 1. The Morgan fingerprint density at radius 1 is 1.33 bits per heavy atom. The van der Waals surface area contributed by atoms with E-state index in [0.29, 0.717) is 29.4 Å². The summed E-state index contributed by atoms with van der Waals surface area (Å²) in [6.45, 7) is 2.34. The number of para-hydroxylation sites is 1. The first-order valence-electron chi connectivity index (χ1n) is 8.42. The van der Waals surface area contributed by atoms with E-state index in [4.69, 9.17) is 14.2 Å². The van der Waals surface area contributed by atoms with Crippen LogP contribution in [-0.4, -0.2) is 30.7 Å². The van der Waals surface area contributed by atoms with Crippen LogP contribution in [0.2, 0.25) is 0 Å². The molecule has 140 valence electrons. The molecule has 1 spiro atoms. The molecular formula is C19H18N2O5S. The fourth-order valence-electron chi connectivity index (χ4n) is 3.29. The predicted molar refractivity (Wildman–Crippen MR) is 103 cm³/mol. The maximum Gasteiger partial charge on any atom is 0.295 e. The van der Waals surface area contributed by atoms with Gasteiger partial charge >= 0.3 is 0 Å². The number of hydrogen-bond acceptors (Lipinski definition) is 7. The van der Waals surface area contributed by atoms with Gasteiger partial charge in [0.05, 0.1) is 30.4 Å². The highest BCUT2D eigenvalue weighted by atomic mass is 32.2. The average Bonchev–Trinajstić information content (AvgIpc) is 2.94. The summed E-state index contributed by atoms with van der Waals surface area (Å²) < 4.78 is 17.7. The number of nitro groups is 1. The number of ether oxygens (including phenoxy) is 3. The van der Waals surface area contributed by atoms with Crippen molar-refractivity contribution in [1.82, 2.24) is 0 Å². The molecule has 2 aromatic carbocycles. The lowest BCUT2D eigenvalue weighted by Crippen LogP contribution is -2.49. The molecule has 7 nitrogen and oxygen atoms in total. The summed E-state index contributed by atoms with van der Waals surface area (Å²) in [6.07, 6.45) is 1.80. The monoisotopic (exact) mass is 386 g/mol. The summed E-state index contributed by atoms with van der Waals surface area (Å²) in [5.41, 5.74) is 1.52. The number of anilines is 1. The third kappa shape index (κ3) is 2.59. The van der Waals surface area contributed by atoms with Crippen LogP contribution in [0, 0.1) is 10.1 Å². The Balaban J connectivity index is 1.89. The molecule has 0 bridgehead atoms. The quantitative estimate of drug-likeness (QED) is 0.574. The van der Waals surface area contributed by atoms with E-state index in [1.165, 1.54) is 31.0 Å². The smallest absolute Gasteiger partial charge is 0.295 e. The first-order valence-corrected chi connectivity index (χ1v) is 9.24. The zero-order valence-electron chi connectivity index (χ0n) is 15.1. The largest absolute Gasteiger partial charge is 0.493 e. The minimum atomic E-state index is -0.934. The molecule has 2 heterocycles. The van der Waals surface area contributed by atoms with E-state index < -0.39 is 9.98 Å². The highest BCUT2D eigenvalue weighted by Crippen LogP contribution is 2.57.